The third-order valence-electron chi connectivity index (χ3n) is 4.24. The predicted octanol–water partition coefficient (Wildman–Crippen LogP) is 0.734. The molecule has 2 bridgehead atoms. The van der Waals surface area contributed by atoms with Gasteiger partial charge in [0.1, 0.15) is 5.41 Å². The van der Waals surface area contributed by atoms with Gasteiger partial charge in [-0.25, -0.2) is 0 Å². The molecule has 2 fully saturated rings. The van der Waals surface area contributed by atoms with E-state index in [9.17, 15) is 14.4 Å². The smallest absolute Gasteiger partial charge is 0.320 e. The van der Waals surface area contributed by atoms with Crippen LogP contribution in [0.1, 0.15) is 26.7 Å². The molecule has 82 valence electrons. The Morgan fingerprint density at radius 1 is 1.40 bits per heavy atom. The summed E-state index contributed by atoms with van der Waals surface area (Å²) in [5.74, 6) is -1.79. The molecule has 2 rings (SSSR count). The zero-order valence-corrected chi connectivity index (χ0v) is 9.12. The van der Waals surface area contributed by atoms with E-state index in [0.29, 0.717) is 12.8 Å². The van der Waals surface area contributed by atoms with Crippen LogP contribution in [0.4, 0.5) is 0 Å². The van der Waals surface area contributed by atoms with E-state index in [0.717, 1.165) is 0 Å². The van der Waals surface area contributed by atoms with Crippen molar-refractivity contribution in [3.05, 3.63) is 0 Å². The third-order valence-corrected chi connectivity index (χ3v) is 4.24. The Bertz CT molecular complexity index is 369. The minimum atomic E-state index is -1.20. The zero-order chi connectivity index (χ0) is 11.4. The number of esters is 1. The standard InChI is InChI=1S/C11H14O4/c1-10(2)6-4-5-11(10,9(14)15-3)8(13)7(6)12/h6H,4-5H2,1-3H3/t6-,11-/m1/s1. The average molecular weight is 210 g/mol. The molecule has 2 aliphatic carbocycles. The van der Waals surface area contributed by atoms with Gasteiger partial charge in [-0.2, -0.15) is 0 Å². The average Bonchev–Trinajstić information content (AvgIpc) is 2.53. The summed E-state index contributed by atoms with van der Waals surface area (Å²) in [6.45, 7) is 3.62. The van der Waals surface area contributed by atoms with Crippen molar-refractivity contribution in [2.24, 2.45) is 16.7 Å². The molecule has 0 amide bonds. The number of hydrogen-bond acceptors (Lipinski definition) is 4. The van der Waals surface area contributed by atoms with E-state index in [-0.39, 0.29) is 5.92 Å². The molecule has 0 aromatic rings. The molecule has 2 aliphatic rings. The number of carbonyl (C=O) groups excluding carboxylic acids is 3. The maximum absolute atomic E-state index is 11.9. The second-order valence-electron chi connectivity index (χ2n) is 4.90. The number of rotatable bonds is 1. The molecule has 0 aromatic heterocycles. The second kappa shape index (κ2) is 2.68. The van der Waals surface area contributed by atoms with E-state index < -0.39 is 28.4 Å². The molecule has 0 N–H and O–H groups in total. The van der Waals surface area contributed by atoms with E-state index in [2.05, 4.69) is 0 Å². The Kier molecular flexibility index (Phi) is 1.85. The lowest BCUT2D eigenvalue weighted by atomic mass is 9.69. The van der Waals surface area contributed by atoms with Crippen molar-refractivity contribution in [1.29, 1.82) is 0 Å². The quantitative estimate of drug-likeness (QED) is 0.364. The molecular weight excluding hydrogens is 196 g/mol. The molecule has 0 aromatic carbocycles. The summed E-state index contributed by atoms with van der Waals surface area (Å²) >= 11 is 0. The van der Waals surface area contributed by atoms with Crippen molar-refractivity contribution < 1.29 is 19.1 Å². The van der Waals surface area contributed by atoms with Crippen LogP contribution in [-0.2, 0) is 19.1 Å². The summed E-state index contributed by atoms with van der Waals surface area (Å²) in [6.07, 6.45) is 1.06. The Balaban J connectivity index is 2.59. The van der Waals surface area contributed by atoms with Gasteiger partial charge in [0.25, 0.3) is 0 Å². The minimum absolute atomic E-state index is 0.302. The summed E-state index contributed by atoms with van der Waals surface area (Å²) in [7, 11) is 1.26. The van der Waals surface area contributed by atoms with E-state index >= 15 is 0 Å². The largest absolute Gasteiger partial charge is 0.468 e. The number of hydrogen-bond donors (Lipinski definition) is 0. The zero-order valence-electron chi connectivity index (χ0n) is 9.12. The van der Waals surface area contributed by atoms with Crippen LogP contribution in [0, 0.1) is 16.7 Å². The van der Waals surface area contributed by atoms with Gasteiger partial charge in [0.2, 0.25) is 11.6 Å². The van der Waals surface area contributed by atoms with Crippen LogP contribution in [0.15, 0.2) is 0 Å². The van der Waals surface area contributed by atoms with Crippen molar-refractivity contribution in [2.45, 2.75) is 26.7 Å². The first-order valence-corrected chi connectivity index (χ1v) is 5.06. The molecule has 2 saturated carbocycles. The fraction of sp³-hybridized carbons (Fsp3) is 0.727. The molecule has 0 spiro atoms. The fourth-order valence-corrected chi connectivity index (χ4v) is 3.21. The molecule has 2 atom stereocenters. The summed E-state index contributed by atoms with van der Waals surface area (Å²) in [4.78, 5) is 35.3. The summed E-state index contributed by atoms with van der Waals surface area (Å²) in [6, 6.07) is 0. The second-order valence-corrected chi connectivity index (χ2v) is 4.90. The lowest BCUT2D eigenvalue weighted by Crippen LogP contribution is -2.45. The van der Waals surface area contributed by atoms with Crippen molar-refractivity contribution in [1.82, 2.24) is 0 Å². The molecule has 15 heavy (non-hydrogen) atoms. The van der Waals surface area contributed by atoms with Gasteiger partial charge in [-0.1, -0.05) is 13.8 Å². The monoisotopic (exact) mass is 210 g/mol. The molecule has 0 saturated heterocycles. The van der Waals surface area contributed by atoms with Crippen LogP contribution >= 0.6 is 0 Å². The number of ketones is 2. The van der Waals surface area contributed by atoms with Crippen LogP contribution < -0.4 is 0 Å². The van der Waals surface area contributed by atoms with E-state index in [1.165, 1.54) is 7.11 Å². The summed E-state index contributed by atoms with van der Waals surface area (Å²) < 4.78 is 4.70. The highest BCUT2D eigenvalue weighted by molar-refractivity contribution is 6.47. The first kappa shape index (κ1) is 10.3. The first-order chi connectivity index (χ1) is 6.89. The maximum Gasteiger partial charge on any atom is 0.320 e. The Labute approximate surface area is 88.0 Å². The number of fused-ring (bicyclic) bond motifs is 2. The molecule has 0 radical (unpaired) electrons. The number of Topliss-reactive ketones (excluding diaryl/α,β-unsaturated/α-hetero) is 2. The van der Waals surface area contributed by atoms with Crippen LogP contribution in [0.3, 0.4) is 0 Å². The predicted molar refractivity (Wildman–Crippen MR) is 51.0 cm³/mol. The van der Waals surface area contributed by atoms with Gasteiger partial charge in [-0.05, 0) is 18.3 Å². The molecule has 0 unspecified atom stereocenters. The van der Waals surface area contributed by atoms with Gasteiger partial charge in [0, 0.05) is 5.92 Å². The lowest BCUT2D eigenvalue weighted by molar-refractivity contribution is -0.162. The van der Waals surface area contributed by atoms with Gasteiger partial charge in [0.15, 0.2) is 0 Å². The molecule has 4 nitrogen and oxygen atoms in total. The van der Waals surface area contributed by atoms with Crippen molar-refractivity contribution in [3.8, 4) is 0 Å². The molecule has 0 heterocycles. The maximum atomic E-state index is 11.9. The van der Waals surface area contributed by atoms with Crippen molar-refractivity contribution >= 4 is 17.5 Å². The third kappa shape index (κ3) is 0.856. The fourth-order valence-electron chi connectivity index (χ4n) is 3.21. The lowest BCUT2D eigenvalue weighted by Gasteiger charge is -2.32. The Morgan fingerprint density at radius 3 is 2.40 bits per heavy atom. The highest BCUT2D eigenvalue weighted by atomic mass is 16.5. The summed E-state index contributed by atoms with van der Waals surface area (Å²) in [5, 5.41) is 0. The molecule has 4 heteroatoms. The Hall–Kier alpha value is -1.19. The van der Waals surface area contributed by atoms with Crippen molar-refractivity contribution in [2.75, 3.05) is 7.11 Å². The van der Waals surface area contributed by atoms with Crippen LogP contribution in [-0.4, -0.2) is 24.6 Å². The minimum Gasteiger partial charge on any atom is -0.468 e. The van der Waals surface area contributed by atoms with Crippen molar-refractivity contribution in [3.63, 3.8) is 0 Å². The summed E-state index contributed by atoms with van der Waals surface area (Å²) in [5.41, 5.74) is -1.79. The Morgan fingerprint density at radius 2 is 2.00 bits per heavy atom. The van der Waals surface area contributed by atoms with Crippen LogP contribution in [0.2, 0.25) is 0 Å². The number of ether oxygens (including phenoxy) is 1. The van der Waals surface area contributed by atoms with Gasteiger partial charge >= 0.3 is 5.97 Å². The first-order valence-electron chi connectivity index (χ1n) is 5.06. The van der Waals surface area contributed by atoms with Crippen LogP contribution in [0.25, 0.3) is 0 Å². The number of carbonyl (C=O) groups is 3. The molecule has 0 aliphatic heterocycles. The number of methoxy groups -OCH3 is 1. The van der Waals surface area contributed by atoms with E-state index in [1.54, 1.807) is 0 Å². The highest BCUT2D eigenvalue weighted by Crippen LogP contribution is 2.62. The SMILES string of the molecule is COC(=O)[C@@]12CC[C@H](C(=O)C1=O)C2(C)C. The van der Waals surface area contributed by atoms with Crippen LogP contribution in [0.5, 0.6) is 0 Å². The topological polar surface area (TPSA) is 60.4 Å². The van der Waals surface area contributed by atoms with Gasteiger partial charge < -0.3 is 4.74 Å². The van der Waals surface area contributed by atoms with Gasteiger partial charge in [-0.15, -0.1) is 0 Å². The van der Waals surface area contributed by atoms with Gasteiger partial charge in [0.05, 0.1) is 7.11 Å². The van der Waals surface area contributed by atoms with Gasteiger partial charge in [-0.3, -0.25) is 14.4 Å². The molecular formula is C11H14O4. The normalized spacial score (nSPS) is 37.1. The van der Waals surface area contributed by atoms with E-state index in [4.69, 9.17) is 4.74 Å². The van der Waals surface area contributed by atoms with E-state index in [1.807, 2.05) is 13.8 Å². The highest BCUT2D eigenvalue weighted by Gasteiger charge is 2.73.